The molecule has 0 aliphatic heterocycles. The van der Waals surface area contributed by atoms with E-state index in [1.54, 1.807) is 0 Å². The van der Waals surface area contributed by atoms with E-state index in [9.17, 15) is 14.0 Å². The lowest BCUT2D eigenvalue weighted by Gasteiger charge is -2.06. The maximum absolute atomic E-state index is 12.7. The number of carbonyl (C=O) groups is 2. The Morgan fingerprint density at radius 1 is 1.26 bits per heavy atom. The van der Waals surface area contributed by atoms with Gasteiger partial charge in [0, 0.05) is 18.7 Å². The third-order valence-electron chi connectivity index (χ3n) is 2.60. The molecule has 23 heavy (non-hydrogen) atoms. The Morgan fingerprint density at radius 2 is 2.00 bits per heavy atom. The summed E-state index contributed by atoms with van der Waals surface area (Å²) in [6, 6.07) is 5.68. The molecule has 1 aromatic carbocycles. The van der Waals surface area contributed by atoms with E-state index in [4.69, 9.17) is 9.47 Å². The second kappa shape index (κ2) is 8.23. The van der Waals surface area contributed by atoms with Crippen LogP contribution in [-0.4, -0.2) is 30.1 Å². The summed E-state index contributed by atoms with van der Waals surface area (Å²) >= 11 is 1.15. The predicted molar refractivity (Wildman–Crippen MR) is 83.2 cm³/mol. The number of nitrogens with one attached hydrogen (secondary N) is 1. The van der Waals surface area contributed by atoms with Gasteiger partial charge in [0.25, 0.3) is 0 Å². The fourth-order valence-corrected chi connectivity index (χ4v) is 2.32. The number of nitrogens with zero attached hydrogens (tertiary/aromatic N) is 1. The molecule has 6 nitrogen and oxygen atoms in total. The number of anilines is 1. The topological polar surface area (TPSA) is 77.5 Å². The fourth-order valence-electron chi connectivity index (χ4n) is 1.59. The largest absolute Gasteiger partial charge is 0.493 e. The first kappa shape index (κ1) is 16.9. The second-order valence-electron chi connectivity index (χ2n) is 4.51. The Labute approximate surface area is 136 Å². The lowest BCUT2D eigenvalue weighted by molar-refractivity contribution is -0.114. The lowest BCUT2D eigenvalue weighted by Crippen LogP contribution is -2.10. The average molecular weight is 338 g/mol. The van der Waals surface area contributed by atoms with Gasteiger partial charge in [-0.15, -0.1) is 11.3 Å². The highest BCUT2D eigenvalue weighted by Crippen LogP contribution is 2.16. The third kappa shape index (κ3) is 5.67. The first-order valence-corrected chi connectivity index (χ1v) is 7.71. The Bertz CT molecular complexity index is 672. The van der Waals surface area contributed by atoms with Crippen LogP contribution in [0.2, 0.25) is 0 Å². The van der Waals surface area contributed by atoms with Gasteiger partial charge in [-0.3, -0.25) is 4.79 Å². The zero-order valence-electron chi connectivity index (χ0n) is 12.4. The molecule has 1 N–H and O–H groups in total. The van der Waals surface area contributed by atoms with E-state index in [1.807, 2.05) is 0 Å². The van der Waals surface area contributed by atoms with Crippen LogP contribution in [0.3, 0.4) is 0 Å². The monoisotopic (exact) mass is 338 g/mol. The van der Waals surface area contributed by atoms with Gasteiger partial charge in [0.15, 0.2) is 10.8 Å². The number of amides is 1. The van der Waals surface area contributed by atoms with E-state index in [2.05, 4.69) is 10.3 Å². The number of thiazole rings is 1. The summed E-state index contributed by atoms with van der Waals surface area (Å²) in [5, 5.41) is 4.36. The number of aromatic nitrogens is 1. The lowest BCUT2D eigenvalue weighted by atomic mass is 10.3. The minimum atomic E-state index is -0.556. The van der Waals surface area contributed by atoms with Crippen LogP contribution in [0.4, 0.5) is 9.52 Å². The molecular weight excluding hydrogens is 323 g/mol. The van der Waals surface area contributed by atoms with Crippen LogP contribution >= 0.6 is 11.3 Å². The molecule has 1 amide bonds. The number of halogens is 1. The molecule has 122 valence electrons. The Kier molecular flexibility index (Phi) is 6.04. The van der Waals surface area contributed by atoms with Crippen molar-refractivity contribution >= 4 is 28.3 Å². The van der Waals surface area contributed by atoms with Crippen LogP contribution in [0.25, 0.3) is 0 Å². The molecule has 0 spiro atoms. The van der Waals surface area contributed by atoms with Crippen LogP contribution in [0.5, 0.6) is 5.75 Å². The number of esters is 1. The number of hydrogen-bond acceptors (Lipinski definition) is 6. The summed E-state index contributed by atoms with van der Waals surface area (Å²) in [4.78, 5) is 26.6. The highest BCUT2D eigenvalue weighted by Gasteiger charge is 2.12. The molecule has 8 heteroatoms. The van der Waals surface area contributed by atoms with E-state index >= 15 is 0 Å². The number of hydrogen-bond donors (Lipinski definition) is 1. The molecule has 1 aromatic heterocycles. The van der Waals surface area contributed by atoms with Gasteiger partial charge in [-0.25, -0.2) is 14.2 Å². The first-order valence-electron chi connectivity index (χ1n) is 6.83. The number of rotatable bonds is 7. The standard InChI is InChI=1S/C15H15FN2O4S/c1-10(19)17-15-18-13(9-23-15)14(20)22-8-2-7-21-12-5-3-11(16)4-6-12/h3-6,9H,2,7-8H2,1H3,(H,17,18,19). The van der Waals surface area contributed by atoms with Crippen LogP contribution in [0.15, 0.2) is 29.6 Å². The van der Waals surface area contributed by atoms with Crippen molar-refractivity contribution in [1.82, 2.24) is 4.98 Å². The minimum Gasteiger partial charge on any atom is -0.493 e. The molecular formula is C15H15FN2O4S. The van der Waals surface area contributed by atoms with E-state index in [1.165, 1.54) is 36.6 Å². The fraction of sp³-hybridized carbons (Fsp3) is 0.267. The predicted octanol–water partition coefficient (Wildman–Crippen LogP) is 2.87. The van der Waals surface area contributed by atoms with Crippen molar-refractivity contribution in [2.45, 2.75) is 13.3 Å². The highest BCUT2D eigenvalue weighted by atomic mass is 32.1. The Hall–Kier alpha value is -2.48. The van der Waals surface area contributed by atoms with Crippen molar-refractivity contribution in [3.05, 3.63) is 41.2 Å². The molecule has 1 heterocycles. The summed E-state index contributed by atoms with van der Waals surface area (Å²) in [5.74, 6) is -0.581. The molecule has 0 saturated heterocycles. The quantitative estimate of drug-likeness (QED) is 0.620. The van der Waals surface area contributed by atoms with Crippen molar-refractivity contribution in [3.63, 3.8) is 0 Å². The summed E-state index contributed by atoms with van der Waals surface area (Å²) < 4.78 is 23.1. The SMILES string of the molecule is CC(=O)Nc1nc(C(=O)OCCCOc2ccc(F)cc2)cs1. The Morgan fingerprint density at radius 3 is 2.70 bits per heavy atom. The van der Waals surface area contributed by atoms with Gasteiger partial charge in [0.1, 0.15) is 11.6 Å². The third-order valence-corrected chi connectivity index (χ3v) is 3.36. The van der Waals surface area contributed by atoms with Gasteiger partial charge >= 0.3 is 5.97 Å². The molecule has 2 aromatic rings. The number of benzene rings is 1. The van der Waals surface area contributed by atoms with Gasteiger partial charge in [0.05, 0.1) is 13.2 Å². The Balaban J connectivity index is 1.67. The molecule has 0 saturated carbocycles. The normalized spacial score (nSPS) is 10.2. The summed E-state index contributed by atoms with van der Waals surface area (Å²) in [5.41, 5.74) is 0.151. The zero-order chi connectivity index (χ0) is 16.7. The second-order valence-corrected chi connectivity index (χ2v) is 5.37. The average Bonchev–Trinajstić information content (AvgIpc) is 2.96. The first-order chi connectivity index (χ1) is 11.0. The van der Waals surface area contributed by atoms with Crippen molar-refractivity contribution < 1.29 is 23.5 Å². The summed E-state index contributed by atoms with van der Waals surface area (Å²) in [6.45, 7) is 1.88. The molecule has 0 aliphatic rings. The van der Waals surface area contributed by atoms with Gasteiger partial charge in [0.2, 0.25) is 5.91 Å². The molecule has 0 radical (unpaired) electrons. The van der Waals surface area contributed by atoms with Gasteiger partial charge in [-0.05, 0) is 24.3 Å². The number of ether oxygens (including phenoxy) is 2. The molecule has 0 fully saturated rings. The molecule has 0 aliphatic carbocycles. The number of carbonyl (C=O) groups excluding carboxylic acids is 2. The summed E-state index contributed by atoms with van der Waals surface area (Å²) in [6.07, 6.45) is 0.492. The van der Waals surface area contributed by atoms with Crippen molar-refractivity contribution in [2.24, 2.45) is 0 Å². The van der Waals surface area contributed by atoms with Crippen LogP contribution in [0, 0.1) is 5.82 Å². The molecule has 0 atom stereocenters. The maximum atomic E-state index is 12.7. The van der Waals surface area contributed by atoms with E-state index < -0.39 is 5.97 Å². The van der Waals surface area contributed by atoms with E-state index in [0.29, 0.717) is 23.9 Å². The minimum absolute atomic E-state index is 0.151. The van der Waals surface area contributed by atoms with Gasteiger partial charge < -0.3 is 14.8 Å². The van der Waals surface area contributed by atoms with Crippen molar-refractivity contribution in [2.75, 3.05) is 18.5 Å². The van der Waals surface area contributed by atoms with Gasteiger partial charge in [-0.2, -0.15) is 0 Å². The van der Waals surface area contributed by atoms with Gasteiger partial charge in [-0.1, -0.05) is 0 Å². The van der Waals surface area contributed by atoms with Crippen LogP contribution in [0.1, 0.15) is 23.8 Å². The molecule has 0 unspecified atom stereocenters. The molecule has 2 rings (SSSR count). The van der Waals surface area contributed by atoms with E-state index in [-0.39, 0.29) is 24.0 Å². The van der Waals surface area contributed by atoms with Crippen LogP contribution in [-0.2, 0) is 9.53 Å². The van der Waals surface area contributed by atoms with Crippen LogP contribution < -0.4 is 10.1 Å². The maximum Gasteiger partial charge on any atom is 0.357 e. The summed E-state index contributed by atoms with van der Waals surface area (Å²) in [7, 11) is 0. The van der Waals surface area contributed by atoms with Crippen molar-refractivity contribution in [3.8, 4) is 5.75 Å². The molecule has 0 bridgehead atoms. The zero-order valence-corrected chi connectivity index (χ0v) is 13.2. The van der Waals surface area contributed by atoms with Crippen molar-refractivity contribution in [1.29, 1.82) is 0 Å². The van der Waals surface area contributed by atoms with E-state index in [0.717, 1.165) is 11.3 Å². The highest BCUT2D eigenvalue weighted by molar-refractivity contribution is 7.14. The smallest absolute Gasteiger partial charge is 0.357 e.